The summed E-state index contributed by atoms with van der Waals surface area (Å²) in [5, 5.41) is 3.70. The third-order valence-corrected chi connectivity index (χ3v) is 3.08. The molecule has 0 aliphatic carbocycles. The molecule has 2 aromatic rings. The molecule has 2 nitrogen and oxygen atoms in total. The van der Waals surface area contributed by atoms with Crippen LogP contribution in [0.5, 0.6) is 0 Å². The van der Waals surface area contributed by atoms with Crippen molar-refractivity contribution in [3.63, 3.8) is 0 Å². The maximum atomic E-state index is 3.33. The van der Waals surface area contributed by atoms with Crippen molar-refractivity contribution >= 4 is 16.5 Å². The van der Waals surface area contributed by atoms with Crippen molar-refractivity contribution in [2.45, 2.75) is 6.42 Å². The number of benzene rings is 1. The predicted octanol–water partition coefficient (Wildman–Crippen LogP) is 1.52. The highest BCUT2D eigenvalue weighted by atomic mass is 14.8. The van der Waals surface area contributed by atoms with Gasteiger partial charge in [0.15, 0.2) is 0 Å². The van der Waals surface area contributed by atoms with E-state index in [0.717, 1.165) is 6.54 Å². The summed E-state index contributed by atoms with van der Waals surface area (Å²) < 4.78 is 0. The first kappa shape index (κ1) is 8.74. The number of aromatic amines is 1. The Kier molecular flexibility index (Phi) is 2.07. The van der Waals surface area contributed by atoms with Gasteiger partial charge in [-0.2, -0.15) is 0 Å². The second-order valence-electron chi connectivity index (χ2n) is 4.04. The van der Waals surface area contributed by atoms with E-state index in [4.69, 9.17) is 0 Å². The summed E-state index contributed by atoms with van der Waals surface area (Å²) in [6.07, 6.45) is 5.67. The Morgan fingerprint density at radius 1 is 1.20 bits per heavy atom. The van der Waals surface area contributed by atoms with E-state index in [1.165, 1.54) is 35.0 Å². The minimum atomic E-state index is 1.12. The summed E-state index contributed by atoms with van der Waals surface area (Å²) >= 11 is 0. The molecule has 15 heavy (non-hydrogen) atoms. The largest absolute Gasteiger partial charge is 0.361 e. The standard InChI is InChI=1S/C13H14N2/c1-2-4-13-11(3-1)12(9-15-13)10-5-7-14-8-6-10/h1-5,9,14-15H,6-8H2/p+1. The van der Waals surface area contributed by atoms with Crippen LogP contribution in [0.15, 0.2) is 36.5 Å². The van der Waals surface area contributed by atoms with Gasteiger partial charge in [-0.15, -0.1) is 0 Å². The fourth-order valence-electron chi connectivity index (χ4n) is 2.28. The van der Waals surface area contributed by atoms with E-state index in [2.05, 4.69) is 46.8 Å². The molecule has 0 bridgehead atoms. The molecule has 0 saturated heterocycles. The van der Waals surface area contributed by atoms with Crippen LogP contribution < -0.4 is 5.32 Å². The van der Waals surface area contributed by atoms with Crippen LogP contribution in [0.1, 0.15) is 12.0 Å². The molecule has 1 aromatic carbocycles. The summed E-state index contributed by atoms with van der Waals surface area (Å²) in [7, 11) is 0. The molecule has 0 unspecified atom stereocenters. The van der Waals surface area contributed by atoms with Crippen molar-refractivity contribution in [2.75, 3.05) is 13.1 Å². The maximum absolute atomic E-state index is 3.33. The lowest BCUT2D eigenvalue weighted by molar-refractivity contribution is -0.646. The Morgan fingerprint density at radius 3 is 3.00 bits per heavy atom. The first-order valence-electron chi connectivity index (χ1n) is 5.52. The molecular weight excluding hydrogens is 184 g/mol. The fourth-order valence-corrected chi connectivity index (χ4v) is 2.28. The third-order valence-electron chi connectivity index (χ3n) is 3.08. The van der Waals surface area contributed by atoms with E-state index in [0.29, 0.717) is 0 Å². The number of rotatable bonds is 1. The molecule has 1 aliphatic rings. The Labute approximate surface area is 89.0 Å². The molecule has 1 aromatic heterocycles. The minimum absolute atomic E-state index is 1.12. The van der Waals surface area contributed by atoms with Crippen LogP contribution in [0, 0.1) is 0 Å². The molecular formula is C13H15N2+. The number of aromatic nitrogens is 1. The van der Waals surface area contributed by atoms with Gasteiger partial charge >= 0.3 is 0 Å². The highest BCUT2D eigenvalue weighted by Crippen LogP contribution is 2.26. The Balaban J connectivity index is 2.14. The Hall–Kier alpha value is -1.54. The molecule has 76 valence electrons. The molecule has 0 radical (unpaired) electrons. The molecule has 0 fully saturated rings. The first-order valence-corrected chi connectivity index (χ1v) is 5.52. The third kappa shape index (κ3) is 1.47. The second kappa shape index (κ2) is 3.55. The number of H-pyrrole nitrogens is 1. The van der Waals surface area contributed by atoms with Gasteiger partial charge in [-0.25, -0.2) is 0 Å². The van der Waals surface area contributed by atoms with E-state index in [1.54, 1.807) is 0 Å². The van der Waals surface area contributed by atoms with Crippen LogP contribution in [0.2, 0.25) is 0 Å². The van der Waals surface area contributed by atoms with Crippen molar-refractivity contribution < 1.29 is 5.32 Å². The van der Waals surface area contributed by atoms with Gasteiger partial charge in [0.05, 0.1) is 13.1 Å². The second-order valence-corrected chi connectivity index (χ2v) is 4.04. The molecule has 3 rings (SSSR count). The summed E-state index contributed by atoms with van der Waals surface area (Å²) in [5.74, 6) is 0. The molecule has 0 amide bonds. The number of fused-ring (bicyclic) bond motifs is 1. The molecule has 0 atom stereocenters. The van der Waals surface area contributed by atoms with E-state index in [1.807, 2.05) is 0 Å². The van der Waals surface area contributed by atoms with Crippen LogP contribution in [-0.2, 0) is 0 Å². The van der Waals surface area contributed by atoms with Crippen LogP contribution in [-0.4, -0.2) is 18.1 Å². The summed E-state index contributed by atoms with van der Waals surface area (Å²) in [6, 6.07) is 8.51. The summed E-state index contributed by atoms with van der Waals surface area (Å²) in [5.41, 5.74) is 4.12. The topological polar surface area (TPSA) is 32.4 Å². The summed E-state index contributed by atoms with van der Waals surface area (Å²) in [6.45, 7) is 2.33. The molecule has 2 heteroatoms. The van der Waals surface area contributed by atoms with Crippen molar-refractivity contribution in [3.8, 4) is 0 Å². The fraction of sp³-hybridized carbons (Fsp3) is 0.231. The van der Waals surface area contributed by atoms with Crippen LogP contribution in [0.25, 0.3) is 16.5 Å². The minimum Gasteiger partial charge on any atom is -0.361 e. The van der Waals surface area contributed by atoms with Crippen LogP contribution in [0.3, 0.4) is 0 Å². The lowest BCUT2D eigenvalue weighted by Gasteiger charge is -2.10. The van der Waals surface area contributed by atoms with E-state index in [-0.39, 0.29) is 0 Å². The quantitative estimate of drug-likeness (QED) is 0.698. The van der Waals surface area contributed by atoms with Crippen molar-refractivity contribution in [1.29, 1.82) is 0 Å². The Bertz CT molecular complexity index is 508. The highest BCUT2D eigenvalue weighted by molar-refractivity contribution is 5.92. The Morgan fingerprint density at radius 2 is 2.13 bits per heavy atom. The molecule has 3 N–H and O–H groups in total. The van der Waals surface area contributed by atoms with Gasteiger partial charge < -0.3 is 10.3 Å². The van der Waals surface area contributed by atoms with E-state index in [9.17, 15) is 0 Å². The molecule has 0 spiro atoms. The average Bonchev–Trinajstić information content (AvgIpc) is 2.74. The lowest BCUT2D eigenvalue weighted by Crippen LogP contribution is -2.84. The van der Waals surface area contributed by atoms with Gasteiger partial charge in [-0.3, -0.25) is 0 Å². The van der Waals surface area contributed by atoms with Crippen LogP contribution in [0.4, 0.5) is 0 Å². The van der Waals surface area contributed by atoms with Gasteiger partial charge in [0.1, 0.15) is 0 Å². The lowest BCUT2D eigenvalue weighted by atomic mass is 10.00. The zero-order valence-corrected chi connectivity index (χ0v) is 8.66. The van der Waals surface area contributed by atoms with E-state index >= 15 is 0 Å². The van der Waals surface area contributed by atoms with Crippen molar-refractivity contribution in [2.24, 2.45) is 0 Å². The molecule has 2 heterocycles. The number of para-hydroxylation sites is 1. The van der Waals surface area contributed by atoms with Crippen LogP contribution >= 0.6 is 0 Å². The number of hydrogen-bond acceptors (Lipinski definition) is 0. The monoisotopic (exact) mass is 199 g/mol. The average molecular weight is 199 g/mol. The van der Waals surface area contributed by atoms with Crippen molar-refractivity contribution in [1.82, 2.24) is 4.98 Å². The molecule has 1 aliphatic heterocycles. The zero-order chi connectivity index (χ0) is 10.1. The number of nitrogens with two attached hydrogens (primary N) is 1. The first-order chi connectivity index (χ1) is 7.45. The van der Waals surface area contributed by atoms with Crippen molar-refractivity contribution in [3.05, 3.63) is 42.1 Å². The van der Waals surface area contributed by atoms with Gasteiger partial charge in [-0.05, 0) is 17.7 Å². The van der Waals surface area contributed by atoms with Gasteiger partial charge in [0.25, 0.3) is 0 Å². The zero-order valence-electron chi connectivity index (χ0n) is 8.66. The van der Waals surface area contributed by atoms with Gasteiger partial charge in [-0.1, -0.05) is 18.2 Å². The summed E-state index contributed by atoms with van der Waals surface area (Å²) in [4.78, 5) is 3.33. The predicted molar refractivity (Wildman–Crippen MR) is 62.6 cm³/mol. The highest BCUT2D eigenvalue weighted by Gasteiger charge is 2.11. The van der Waals surface area contributed by atoms with Gasteiger partial charge in [0.2, 0.25) is 0 Å². The number of hydrogen-bond donors (Lipinski definition) is 2. The molecule has 0 saturated carbocycles. The normalized spacial score (nSPS) is 16.7. The maximum Gasteiger partial charge on any atom is 0.0948 e. The van der Waals surface area contributed by atoms with Gasteiger partial charge in [0, 0.05) is 29.1 Å². The van der Waals surface area contributed by atoms with E-state index < -0.39 is 0 Å². The SMILES string of the molecule is C1=C(c2c[nH]c3ccccc23)CC[NH2+]C1. The smallest absolute Gasteiger partial charge is 0.0948 e. The number of nitrogens with one attached hydrogen (secondary N) is 1. The number of quaternary nitrogens is 1.